The van der Waals surface area contributed by atoms with Crippen LogP contribution in [0.15, 0.2) is 34.2 Å². The Morgan fingerprint density at radius 2 is 1.84 bits per heavy atom. The van der Waals surface area contributed by atoms with Gasteiger partial charge in [0.05, 0.1) is 11.4 Å². The van der Waals surface area contributed by atoms with Crippen molar-refractivity contribution < 1.29 is 13.2 Å². The maximum Gasteiger partial charge on any atom is 0.240 e. The molecule has 1 aromatic rings. The molecular formula is C22H37IN4O3S. The van der Waals surface area contributed by atoms with Gasteiger partial charge in [0.25, 0.3) is 0 Å². The molecule has 0 aromatic heterocycles. The van der Waals surface area contributed by atoms with E-state index in [0.717, 1.165) is 50.5 Å². The highest BCUT2D eigenvalue weighted by Crippen LogP contribution is 2.40. The lowest BCUT2D eigenvalue weighted by Crippen LogP contribution is -2.43. The molecule has 176 valence electrons. The fourth-order valence-electron chi connectivity index (χ4n) is 4.00. The van der Waals surface area contributed by atoms with Gasteiger partial charge in [0.15, 0.2) is 5.96 Å². The van der Waals surface area contributed by atoms with Crippen LogP contribution in [0.2, 0.25) is 0 Å². The molecule has 2 saturated carbocycles. The molecule has 0 spiro atoms. The molecule has 1 aromatic carbocycles. The van der Waals surface area contributed by atoms with Gasteiger partial charge in [-0.2, -0.15) is 0 Å². The zero-order valence-corrected chi connectivity index (χ0v) is 21.8. The Balaban J connectivity index is 0.00000341. The molecule has 31 heavy (non-hydrogen) atoms. The Morgan fingerprint density at radius 3 is 2.42 bits per heavy atom. The van der Waals surface area contributed by atoms with Crippen LogP contribution in [-0.4, -0.2) is 47.2 Å². The molecule has 0 saturated heterocycles. The minimum atomic E-state index is -3.41. The summed E-state index contributed by atoms with van der Waals surface area (Å²) >= 11 is 0. The Labute approximate surface area is 204 Å². The first-order valence-electron chi connectivity index (χ1n) is 11.1. The van der Waals surface area contributed by atoms with E-state index in [-0.39, 0.29) is 35.4 Å². The van der Waals surface area contributed by atoms with Crippen molar-refractivity contribution >= 4 is 40.0 Å². The number of guanidine groups is 1. The van der Waals surface area contributed by atoms with E-state index in [9.17, 15) is 8.42 Å². The number of methoxy groups -OCH3 is 1. The van der Waals surface area contributed by atoms with E-state index in [4.69, 9.17) is 9.73 Å². The van der Waals surface area contributed by atoms with E-state index in [0.29, 0.717) is 11.4 Å². The van der Waals surface area contributed by atoms with E-state index >= 15 is 0 Å². The van der Waals surface area contributed by atoms with Crippen molar-refractivity contribution in [2.24, 2.45) is 10.4 Å². The number of ether oxygens (including phenoxy) is 1. The highest BCUT2D eigenvalue weighted by atomic mass is 127. The second kappa shape index (κ2) is 12.4. The lowest BCUT2D eigenvalue weighted by Gasteiger charge is -2.30. The van der Waals surface area contributed by atoms with Crippen molar-refractivity contribution in [1.82, 2.24) is 15.4 Å². The summed E-state index contributed by atoms with van der Waals surface area (Å²) in [6, 6.07) is 7.11. The topological polar surface area (TPSA) is 91.8 Å². The molecule has 2 fully saturated rings. The van der Waals surface area contributed by atoms with E-state index in [2.05, 4.69) is 22.3 Å². The monoisotopic (exact) mass is 564 g/mol. The summed E-state index contributed by atoms with van der Waals surface area (Å²) in [5.74, 6) is 0.799. The Morgan fingerprint density at radius 1 is 1.16 bits per heavy atom. The van der Waals surface area contributed by atoms with Crippen molar-refractivity contribution in [2.75, 3.05) is 26.8 Å². The average molecular weight is 565 g/mol. The molecule has 9 heteroatoms. The molecule has 2 aliphatic carbocycles. The van der Waals surface area contributed by atoms with Crippen LogP contribution in [0.3, 0.4) is 0 Å². The maximum absolute atomic E-state index is 12.3. The third-order valence-electron chi connectivity index (χ3n) is 6.03. The molecule has 3 N–H and O–H groups in total. The molecule has 0 radical (unpaired) electrons. The first-order valence-corrected chi connectivity index (χ1v) is 12.6. The minimum Gasteiger partial charge on any atom is -0.385 e. The highest BCUT2D eigenvalue weighted by Gasteiger charge is 2.33. The van der Waals surface area contributed by atoms with Crippen molar-refractivity contribution in [3.63, 3.8) is 0 Å². The smallest absolute Gasteiger partial charge is 0.240 e. The largest absolute Gasteiger partial charge is 0.385 e. The van der Waals surface area contributed by atoms with Gasteiger partial charge in [-0.1, -0.05) is 25.0 Å². The van der Waals surface area contributed by atoms with Crippen LogP contribution in [0.1, 0.15) is 57.4 Å². The van der Waals surface area contributed by atoms with Crippen molar-refractivity contribution in [3.05, 3.63) is 29.8 Å². The summed E-state index contributed by atoms with van der Waals surface area (Å²) in [6.45, 7) is 5.03. The van der Waals surface area contributed by atoms with Gasteiger partial charge in [-0.25, -0.2) is 18.1 Å². The Kier molecular flexibility index (Phi) is 10.5. The van der Waals surface area contributed by atoms with Crippen LogP contribution in [0, 0.1) is 5.41 Å². The second-order valence-electron chi connectivity index (χ2n) is 8.54. The molecular weight excluding hydrogens is 527 g/mol. The average Bonchev–Trinajstić information content (AvgIpc) is 3.42. The number of halogens is 1. The lowest BCUT2D eigenvalue weighted by atomic mass is 9.83. The number of rotatable bonds is 11. The predicted octanol–water partition coefficient (Wildman–Crippen LogP) is 3.40. The number of hydrogen-bond donors (Lipinski definition) is 3. The molecule has 0 aliphatic heterocycles. The van der Waals surface area contributed by atoms with E-state index < -0.39 is 10.0 Å². The molecule has 0 atom stereocenters. The fourth-order valence-corrected chi connectivity index (χ4v) is 5.31. The fraction of sp³-hybridized carbons (Fsp3) is 0.682. The third kappa shape index (κ3) is 8.18. The first kappa shape index (κ1) is 26.3. The van der Waals surface area contributed by atoms with Gasteiger partial charge in [-0.3, -0.25) is 0 Å². The van der Waals surface area contributed by atoms with Crippen LogP contribution in [0.25, 0.3) is 0 Å². The summed E-state index contributed by atoms with van der Waals surface area (Å²) < 4.78 is 32.6. The van der Waals surface area contributed by atoms with Crippen LogP contribution in [0.4, 0.5) is 0 Å². The molecule has 7 nitrogen and oxygen atoms in total. The molecule has 3 rings (SSSR count). The van der Waals surface area contributed by atoms with Crippen LogP contribution >= 0.6 is 24.0 Å². The van der Waals surface area contributed by atoms with Gasteiger partial charge < -0.3 is 15.4 Å². The highest BCUT2D eigenvalue weighted by molar-refractivity contribution is 14.0. The number of nitrogens with zero attached hydrogens (tertiary/aromatic N) is 1. The van der Waals surface area contributed by atoms with Gasteiger partial charge in [0.1, 0.15) is 0 Å². The summed E-state index contributed by atoms with van der Waals surface area (Å²) in [5, 5.41) is 6.84. The van der Waals surface area contributed by atoms with Crippen LogP contribution in [-0.2, 0) is 21.3 Å². The second-order valence-corrected chi connectivity index (χ2v) is 10.3. The first-order chi connectivity index (χ1) is 14.5. The number of aliphatic imine (C=N–C) groups is 1. The van der Waals surface area contributed by atoms with Gasteiger partial charge in [-0.15, -0.1) is 24.0 Å². The summed E-state index contributed by atoms with van der Waals surface area (Å²) in [6.07, 6.45) is 7.95. The number of nitrogens with one attached hydrogen (secondary N) is 3. The van der Waals surface area contributed by atoms with Gasteiger partial charge in [-0.05, 0) is 62.1 Å². The Hall–Kier alpha value is -0.910. The zero-order chi connectivity index (χ0) is 21.5. The number of benzene rings is 1. The zero-order valence-electron chi connectivity index (χ0n) is 18.7. The molecule has 0 heterocycles. The predicted molar refractivity (Wildman–Crippen MR) is 135 cm³/mol. The number of sulfonamides is 1. The van der Waals surface area contributed by atoms with E-state index in [1.807, 2.05) is 12.1 Å². The molecule has 0 amide bonds. The Bertz CT molecular complexity index is 805. The number of hydrogen-bond acceptors (Lipinski definition) is 4. The molecule has 0 unspecified atom stereocenters. The van der Waals surface area contributed by atoms with Crippen molar-refractivity contribution in [2.45, 2.75) is 69.4 Å². The van der Waals surface area contributed by atoms with Crippen molar-refractivity contribution in [1.29, 1.82) is 0 Å². The summed E-state index contributed by atoms with van der Waals surface area (Å²) in [5.41, 5.74) is 1.27. The third-order valence-corrected chi connectivity index (χ3v) is 7.56. The quantitative estimate of drug-likeness (QED) is 0.218. The maximum atomic E-state index is 12.3. The summed E-state index contributed by atoms with van der Waals surface area (Å²) in [4.78, 5) is 5.02. The van der Waals surface area contributed by atoms with Crippen molar-refractivity contribution in [3.8, 4) is 0 Å². The molecule has 0 bridgehead atoms. The summed E-state index contributed by atoms with van der Waals surface area (Å²) in [7, 11) is -1.64. The minimum absolute atomic E-state index is 0. The van der Waals surface area contributed by atoms with E-state index in [1.165, 1.54) is 25.7 Å². The SMILES string of the molecule is CCNC(=NCc1ccc(S(=O)(=O)NC2CC2)cc1)NCC1(CCOC)CCCC1.I. The van der Waals surface area contributed by atoms with Gasteiger partial charge in [0, 0.05) is 32.8 Å². The molecule has 2 aliphatic rings. The van der Waals surface area contributed by atoms with Crippen LogP contribution < -0.4 is 15.4 Å². The standard InChI is InChI=1S/C22H36N4O3S.HI/c1-3-23-21(25-17-22(14-15-29-2)12-4-5-13-22)24-16-18-6-10-20(11-7-18)30(27,28)26-19-8-9-19;/h6-7,10-11,19,26H,3-5,8-9,12-17H2,1-2H3,(H2,23,24,25);1H. The van der Waals surface area contributed by atoms with E-state index in [1.54, 1.807) is 19.2 Å². The normalized spacial score (nSPS) is 18.5. The van der Waals surface area contributed by atoms with Gasteiger partial charge in [0.2, 0.25) is 10.0 Å². The lowest BCUT2D eigenvalue weighted by molar-refractivity contribution is 0.138. The van der Waals surface area contributed by atoms with Crippen LogP contribution in [0.5, 0.6) is 0 Å². The van der Waals surface area contributed by atoms with Gasteiger partial charge >= 0.3 is 0 Å².